The number of methoxy groups -OCH3 is 1. The SMILES string of the molecule is COC(=O)c1c(NC(=O)[C@@H]2CCCC[C@H]2C(=O)O)sc2c1CC[C@@H](C)C2. The van der Waals surface area contributed by atoms with Gasteiger partial charge in [-0.05, 0) is 43.6 Å². The number of aliphatic carboxylic acids is 1. The van der Waals surface area contributed by atoms with Crippen molar-refractivity contribution in [3.63, 3.8) is 0 Å². The quantitative estimate of drug-likeness (QED) is 0.781. The Kier molecular flexibility index (Phi) is 5.65. The first kappa shape index (κ1) is 18.9. The minimum atomic E-state index is -0.919. The molecule has 1 saturated carbocycles. The molecule has 1 aromatic heterocycles. The van der Waals surface area contributed by atoms with E-state index in [1.165, 1.54) is 18.4 Å². The van der Waals surface area contributed by atoms with Crippen molar-refractivity contribution in [3.8, 4) is 0 Å². The van der Waals surface area contributed by atoms with Gasteiger partial charge in [-0.15, -0.1) is 11.3 Å². The van der Waals surface area contributed by atoms with Crippen LogP contribution in [0.4, 0.5) is 5.00 Å². The average molecular weight is 379 g/mol. The van der Waals surface area contributed by atoms with Crippen LogP contribution in [0.5, 0.6) is 0 Å². The third kappa shape index (κ3) is 3.63. The van der Waals surface area contributed by atoms with Crippen molar-refractivity contribution in [2.24, 2.45) is 17.8 Å². The molecule has 0 radical (unpaired) electrons. The molecule has 3 atom stereocenters. The third-order valence-electron chi connectivity index (χ3n) is 5.56. The van der Waals surface area contributed by atoms with E-state index in [0.717, 1.165) is 42.5 Å². The van der Waals surface area contributed by atoms with Crippen molar-refractivity contribution in [2.75, 3.05) is 12.4 Å². The van der Waals surface area contributed by atoms with Gasteiger partial charge >= 0.3 is 11.9 Å². The Morgan fingerprint density at radius 3 is 2.50 bits per heavy atom. The summed E-state index contributed by atoms with van der Waals surface area (Å²) in [5.74, 6) is -2.31. The lowest BCUT2D eigenvalue weighted by Crippen LogP contribution is -2.36. The smallest absolute Gasteiger partial charge is 0.341 e. The van der Waals surface area contributed by atoms with E-state index in [-0.39, 0.29) is 5.91 Å². The zero-order valence-electron chi connectivity index (χ0n) is 15.2. The monoisotopic (exact) mass is 379 g/mol. The minimum absolute atomic E-state index is 0.297. The van der Waals surface area contributed by atoms with E-state index in [4.69, 9.17) is 4.74 Å². The second-order valence-corrected chi connectivity index (χ2v) is 8.48. The van der Waals surface area contributed by atoms with Crippen LogP contribution in [-0.2, 0) is 27.2 Å². The molecule has 0 aromatic carbocycles. The summed E-state index contributed by atoms with van der Waals surface area (Å²) in [6.45, 7) is 2.18. The molecule has 2 aliphatic carbocycles. The fraction of sp³-hybridized carbons (Fsp3) is 0.632. The van der Waals surface area contributed by atoms with Gasteiger partial charge in [0.05, 0.1) is 24.5 Å². The van der Waals surface area contributed by atoms with Crippen LogP contribution in [0.25, 0.3) is 0 Å². The first-order chi connectivity index (χ1) is 12.4. The summed E-state index contributed by atoms with van der Waals surface area (Å²) in [6.07, 6.45) is 5.47. The maximum Gasteiger partial charge on any atom is 0.341 e. The van der Waals surface area contributed by atoms with Crippen molar-refractivity contribution < 1.29 is 24.2 Å². The zero-order valence-corrected chi connectivity index (χ0v) is 16.0. The summed E-state index contributed by atoms with van der Waals surface area (Å²) in [5, 5.41) is 12.8. The second-order valence-electron chi connectivity index (χ2n) is 7.37. The van der Waals surface area contributed by atoms with Crippen molar-refractivity contribution in [1.29, 1.82) is 0 Å². The molecule has 6 nitrogen and oxygen atoms in total. The molecule has 0 saturated heterocycles. The number of carbonyl (C=O) groups excluding carboxylic acids is 2. The minimum Gasteiger partial charge on any atom is -0.481 e. The van der Waals surface area contributed by atoms with Gasteiger partial charge in [0.2, 0.25) is 5.91 Å². The number of rotatable bonds is 4. The lowest BCUT2D eigenvalue weighted by atomic mass is 9.78. The largest absolute Gasteiger partial charge is 0.481 e. The van der Waals surface area contributed by atoms with Crippen LogP contribution < -0.4 is 5.32 Å². The Labute approximate surface area is 156 Å². The van der Waals surface area contributed by atoms with Gasteiger partial charge < -0.3 is 15.2 Å². The second kappa shape index (κ2) is 7.78. The topological polar surface area (TPSA) is 92.7 Å². The first-order valence-electron chi connectivity index (χ1n) is 9.18. The van der Waals surface area contributed by atoms with Crippen LogP contribution in [0.3, 0.4) is 0 Å². The molecule has 1 aromatic rings. The Hall–Kier alpha value is -1.89. The fourth-order valence-corrected chi connectivity index (χ4v) is 5.50. The van der Waals surface area contributed by atoms with E-state index in [1.807, 2.05) is 0 Å². The molecule has 142 valence electrons. The van der Waals surface area contributed by atoms with Crippen molar-refractivity contribution in [1.82, 2.24) is 0 Å². The Morgan fingerprint density at radius 2 is 1.85 bits per heavy atom. The molecule has 2 N–H and O–H groups in total. The van der Waals surface area contributed by atoms with E-state index < -0.39 is 23.8 Å². The molecule has 26 heavy (non-hydrogen) atoms. The zero-order chi connectivity index (χ0) is 18.8. The summed E-state index contributed by atoms with van der Waals surface area (Å²) in [6, 6.07) is 0. The fourth-order valence-electron chi connectivity index (χ4n) is 4.10. The lowest BCUT2D eigenvalue weighted by molar-refractivity contribution is -0.147. The number of hydrogen-bond donors (Lipinski definition) is 2. The first-order valence-corrected chi connectivity index (χ1v) is 10.0. The van der Waals surface area contributed by atoms with Crippen LogP contribution in [0.2, 0.25) is 0 Å². The molecular weight excluding hydrogens is 354 g/mol. The van der Waals surface area contributed by atoms with Gasteiger partial charge in [0.15, 0.2) is 0 Å². The molecule has 0 unspecified atom stereocenters. The van der Waals surface area contributed by atoms with Crippen LogP contribution in [0.15, 0.2) is 0 Å². The molecular formula is C19H25NO5S. The summed E-state index contributed by atoms with van der Waals surface area (Å²) in [5.41, 5.74) is 1.43. The molecule has 2 aliphatic rings. The predicted octanol–water partition coefficient (Wildman–Crippen LogP) is 3.49. The number of carboxylic acids is 1. The number of carbonyl (C=O) groups is 3. The number of carboxylic acid groups (broad SMARTS) is 1. The number of esters is 1. The number of nitrogens with one attached hydrogen (secondary N) is 1. The Bertz CT molecular complexity index is 726. The molecule has 3 rings (SSSR count). The number of anilines is 1. The summed E-state index contributed by atoms with van der Waals surface area (Å²) in [7, 11) is 1.34. The van der Waals surface area contributed by atoms with Gasteiger partial charge in [0.25, 0.3) is 0 Å². The van der Waals surface area contributed by atoms with E-state index >= 15 is 0 Å². The standard InChI is InChI=1S/C19H25NO5S/c1-10-7-8-13-14(9-10)26-17(15(13)19(24)25-2)20-16(21)11-5-3-4-6-12(11)18(22)23/h10-12H,3-9H2,1-2H3,(H,20,21)(H,22,23)/t10-,11-,12-/m1/s1. The number of amides is 1. The third-order valence-corrected chi connectivity index (χ3v) is 6.73. The van der Waals surface area contributed by atoms with Crippen molar-refractivity contribution in [2.45, 2.75) is 51.9 Å². The van der Waals surface area contributed by atoms with Crippen LogP contribution in [0.1, 0.15) is 59.8 Å². The van der Waals surface area contributed by atoms with Crippen LogP contribution >= 0.6 is 11.3 Å². The van der Waals surface area contributed by atoms with Gasteiger partial charge in [0, 0.05) is 4.88 Å². The average Bonchev–Trinajstić information content (AvgIpc) is 2.97. The Balaban J connectivity index is 1.88. The molecule has 0 spiro atoms. The Morgan fingerprint density at radius 1 is 1.15 bits per heavy atom. The van der Waals surface area contributed by atoms with Gasteiger partial charge in [0.1, 0.15) is 5.00 Å². The number of ether oxygens (including phenoxy) is 1. The van der Waals surface area contributed by atoms with Gasteiger partial charge in [-0.1, -0.05) is 19.8 Å². The van der Waals surface area contributed by atoms with Crippen molar-refractivity contribution >= 4 is 34.2 Å². The maximum atomic E-state index is 12.8. The van der Waals surface area contributed by atoms with E-state index in [1.54, 1.807) is 0 Å². The van der Waals surface area contributed by atoms with Crippen LogP contribution in [-0.4, -0.2) is 30.1 Å². The molecule has 1 heterocycles. The summed E-state index contributed by atoms with van der Waals surface area (Å²) >= 11 is 1.43. The number of thiophene rings is 1. The van der Waals surface area contributed by atoms with E-state index in [9.17, 15) is 19.5 Å². The summed E-state index contributed by atoms with van der Waals surface area (Å²) < 4.78 is 4.94. The highest BCUT2D eigenvalue weighted by Gasteiger charge is 2.37. The lowest BCUT2D eigenvalue weighted by Gasteiger charge is -2.27. The van der Waals surface area contributed by atoms with Gasteiger partial charge in [-0.2, -0.15) is 0 Å². The highest BCUT2D eigenvalue weighted by molar-refractivity contribution is 7.17. The molecule has 7 heteroatoms. The highest BCUT2D eigenvalue weighted by Crippen LogP contribution is 2.41. The van der Waals surface area contributed by atoms with E-state index in [2.05, 4.69) is 12.2 Å². The summed E-state index contributed by atoms with van der Waals surface area (Å²) in [4.78, 5) is 37.7. The van der Waals surface area contributed by atoms with Gasteiger partial charge in [-0.25, -0.2) is 4.79 Å². The molecule has 1 fully saturated rings. The number of fused-ring (bicyclic) bond motifs is 1. The highest BCUT2D eigenvalue weighted by atomic mass is 32.1. The normalized spacial score (nSPS) is 25.2. The van der Waals surface area contributed by atoms with Crippen LogP contribution in [0, 0.1) is 17.8 Å². The predicted molar refractivity (Wildman–Crippen MR) is 98.6 cm³/mol. The maximum absolute atomic E-state index is 12.8. The van der Waals surface area contributed by atoms with Gasteiger partial charge in [-0.3, -0.25) is 9.59 Å². The molecule has 0 bridgehead atoms. The molecule has 0 aliphatic heterocycles. The van der Waals surface area contributed by atoms with Crippen molar-refractivity contribution in [3.05, 3.63) is 16.0 Å². The van der Waals surface area contributed by atoms with E-state index in [0.29, 0.717) is 29.3 Å². The number of hydrogen-bond acceptors (Lipinski definition) is 5. The molecule has 1 amide bonds.